The molecule has 2 N–H and O–H groups in total. The fourth-order valence-electron chi connectivity index (χ4n) is 2.55. The molecule has 3 aromatic rings. The zero-order valence-electron chi connectivity index (χ0n) is 12.7. The maximum absolute atomic E-state index is 12.2. The number of aromatic amines is 1. The molecule has 2 aromatic carbocycles. The van der Waals surface area contributed by atoms with Gasteiger partial charge in [-0.3, -0.25) is 9.59 Å². The lowest BCUT2D eigenvalue weighted by Crippen LogP contribution is -2.18. The van der Waals surface area contributed by atoms with E-state index >= 15 is 0 Å². The molecule has 1 aromatic heterocycles. The number of fused-ring (bicyclic) bond motifs is 1. The Morgan fingerprint density at radius 2 is 1.83 bits per heavy atom. The zero-order chi connectivity index (χ0) is 16.4. The van der Waals surface area contributed by atoms with Gasteiger partial charge in [0.05, 0.1) is 6.10 Å². The third kappa shape index (κ3) is 3.22. The van der Waals surface area contributed by atoms with Crippen molar-refractivity contribution in [1.82, 2.24) is 4.98 Å². The van der Waals surface area contributed by atoms with Crippen LogP contribution in [0.15, 0.2) is 59.4 Å². The van der Waals surface area contributed by atoms with Gasteiger partial charge in [-0.1, -0.05) is 48.0 Å². The second-order valence-electron chi connectivity index (χ2n) is 5.65. The van der Waals surface area contributed by atoms with Gasteiger partial charge in [-0.2, -0.15) is 0 Å². The normalized spacial score (nSPS) is 12.3. The monoisotopic (exact) mass is 307 g/mol. The van der Waals surface area contributed by atoms with Crippen LogP contribution in [0.2, 0.25) is 0 Å². The first-order chi connectivity index (χ1) is 11.0. The number of aliphatic hydroxyl groups is 1. The standard InChI is InChI=1S/C19H17NO3/c1-12-6-8-13(9-7-12)17(21)11-18(22)15-10-14-4-2-3-5-16(14)20-19(15)23/h2-10,18,22H,11H2,1H3,(H,20,23). The van der Waals surface area contributed by atoms with Crippen molar-refractivity contribution >= 4 is 16.7 Å². The fourth-order valence-corrected chi connectivity index (χ4v) is 2.55. The number of aliphatic hydroxyl groups excluding tert-OH is 1. The molecule has 23 heavy (non-hydrogen) atoms. The molecule has 0 fully saturated rings. The van der Waals surface area contributed by atoms with Gasteiger partial charge in [0.2, 0.25) is 0 Å². The molecular formula is C19H17NO3. The SMILES string of the molecule is Cc1ccc(C(=O)CC(O)c2cc3ccccc3[nH]c2=O)cc1. The third-order valence-electron chi connectivity index (χ3n) is 3.89. The predicted molar refractivity (Wildman–Crippen MR) is 89.7 cm³/mol. The lowest BCUT2D eigenvalue weighted by Gasteiger charge is -2.10. The molecule has 0 amide bonds. The zero-order valence-corrected chi connectivity index (χ0v) is 12.7. The smallest absolute Gasteiger partial charge is 0.254 e. The van der Waals surface area contributed by atoms with E-state index in [0.717, 1.165) is 10.9 Å². The first-order valence-electron chi connectivity index (χ1n) is 7.44. The number of carbonyl (C=O) groups excluding carboxylic acids is 1. The number of hydrogen-bond donors (Lipinski definition) is 2. The maximum Gasteiger partial charge on any atom is 0.254 e. The Morgan fingerprint density at radius 1 is 1.13 bits per heavy atom. The van der Waals surface area contributed by atoms with Gasteiger partial charge < -0.3 is 10.1 Å². The summed E-state index contributed by atoms with van der Waals surface area (Å²) < 4.78 is 0. The predicted octanol–water partition coefficient (Wildman–Crippen LogP) is 3.14. The third-order valence-corrected chi connectivity index (χ3v) is 3.89. The number of rotatable bonds is 4. The van der Waals surface area contributed by atoms with E-state index in [1.165, 1.54) is 0 Å². The van der Waals surface area contributed by atoms with E-state index in [0.29, 0.717) is 11.1 Å². The summed E-state index contributed by atoms with van der Waals surface area (Å²) in [5, 5.41) is 11.1. The van der Waals surface area contributed by atoms with Crippen LogP contribution in [0.3, 0.4) is 0 Å². The lowest BCUT2D eigenvalue weighted by molar-refractivity contribution is 0.0878. The van der Waals surface area contributed by atoms with E-state index in [4.69, 9.17) is 0 Å². The van der Waals surface area contributed by atoms with E-state index in [1.807, 2.05) is 37.3 Å². The molecule has 0 bridgehead atoms. The van der Waals surface area contributed by atoms with Gasteiger partial charge in [-0.15, -0.1) is 0 Å². The Labute approximate surface area is 133 Å². The molecule has 0 radical (unpaired) electrons. The van der Waals surface area contributed by atoms with Crippen molar-refractivity contribution in [2.75, 3.05) is 0 Å². The largest absolute Gasteiger partial charge is 0.388 e. The second-order valence-corrected chi connectivity index (χ2v) is 5.65. The number of Topliss-reactive ketones (excluding diaryl/α,β-unsaturated/α-hetero) is 1. The van der Waals surface area contributed by atoms with Crippen LogP contribution in [0.4, 0.5) is 0 Å². The molecule has 0 aliphatic heterocycles. The van der Waals surface area contributed by atoms with Crippen LogP contribution in [-0.2, 0) is 0 Å². The van der Waals surface area contributed by atoms with Crippen molar-refractivity contribution in [3.05, 3.63) is 81.6 Å². The fraction of sp³-hybridized carbons (Fsp3) is 0.158. The van der Waals surface area contributed by atoms with Crippen molar-refractivity contribution in [2.45, 2.75) is 19.4 Å². The molecule has 0 aliphatic carbocycles. The van der Waals surface area contributed by atoms with Crippen LogP contribution in [0.5, 0.6) is 0 Å². The van der Waals surface area contributed by atoms with Crippen molar-refractivity contribution in [1.29, 1.82) is 0 Å². The van der Waals surface area contributed by atoms with Crippen LogP contribution in [-0.4, -0.2) is 15.9 Å². The van der Waals surface area contributed by atoms with E-state index in [-0.39, 0.29) is 23.3 Å². The van der Waals surface area contributed by atoms with Gasteiger partial charge in [-0.25, -0.2) is 0 Å². The van der Waals surface area contributed by atoms with E-state index in [9.17, 15) is 14.7 Å². The number of ketones is 1. The van der Waals surface area contributed by atoms with Crippen molar-refractivity contribution in [3.63, 3.8) is 0 Å². The molecule has 4 heteroatoms. The minimum atomic E-state index is -1.13. The highest BCUT2D eigenvalue weighted by molar-refractivity contribution is 5.96. The Kier molecular flexibility index (Phi) is 4.08. The summed E-state index contributed by atoms with van der Waals surface area (Å²) in [7, 11) is 0. The Morgan fingerprint density at radius 3 is 2.57 bits per heavy atom. The molecule has 1 atom stereocenters. The number of benzene rings is 2. The van der Waals surface area contributed by atoms with Gasteiger partial charge in [-0.05, 0) is 24.4 Å². The number of nitrogens with one attached hydrogen (secondary N) is 1. The first-order valence-corrected chi connectivity index (χ1v) is 7.44. The van der Waals surface area contributed by atoms with Gasteiger partial charge >= 0.3 is 0 Å². The molecule has 3 rings (SSSR count). The number of para-hydroxylation sites is 1. The Hall–Kier alpha value is -2.72. The lowest BCUT2D eigenvalue weighted by atomic mass is 9.99. The van der Waals surface area contributed by atoms with E-state index in [2.05, 4.69) is 4.98 Å². The summed E-state index contributed by atoms with van der Waals surface area (Å²) in [5.74, 6) is -0.190. The summed E-state index contributed by atoms with van der Waals surface area (Å²) in [5.41, 5.74) is 2.15. The highest BCUT2D eigenvalue weighted by atomic mass is 16.3. The quantitative estimate of drug-likeness (QED) is 0.727. The Bertz CT molecular complexity index is 910. The minimum Gasteiger partial charge on any atom is -0.388 e. The molecule has 116 valence electrons. The summed E-state index contributed by atoms with van der Waals surface area (Å²) in [6.45, 7) is 1.94. The molecule has 1 unspecified atom stereocenters. The highest BCUT2D eigenvalue weighted by Gasteiger charge is 2.18. The Balaban J connectivity index is 1.86. The molecule has 0 saturated heterocycles. The summed E-state index contributed by atoms with van der Waals surface area (Å²) in [4.78, 5) is 27.1. The van der Waals surface area contributed by atoms with Crippen LogP contribution in [0.25, 0.3) is 10.9 Å². The summed E-state index contributed by atoms with van der Waals surface area (Å²) in [6, 6.07) is 16.1. The van der Waals surface area contributed by atoms with Crippen molar-refractivity contribution < 1.29 is 9.90 Å². The van der Waals surface area contributed by atoms with Crippen LogP contribution in [0, 0.1) is 6.92 Å². The molecule has 4 nitrogen and oxygen atoms in total. The first kappa shape index (κ1) is 15.2. The summed E-state index contributed by atoms with van der Waals surface area (Å²) >= 11 is 0. The second kappa shape index (κ2) is 6.18. The molecule has 1 heterocycles. The van der Waals surface area contributed by atoms with Gasteiger partial charge in [0.1, 0.15) is 0 Å². The number of carbonyl (C=O) groups is 1. The van der Waals surface area contributed by atoms with E-state index in [1.54, 1.807) is 24.3 Å². The van der Waals surface area contributed by atoms with Gasteiger partial charge in [0, 0.05) is 23.1 Å². The molecular weight excluding hydrogens is 290 g/mol. The maximum atomic E-state index is 12.2. The topological polar surface area (TPSA) is 70.2 Å². The van der Waals surface area contributed by atoms with Crippen molar-refractivity contribution in [3.8, 4) is 0 Å². The van der Waals surface area contributed by atoms with Crippen molar-refractivity contribution in [2.24, 2.45) is 0 Å². The van der Waals surface area contributed by atoms with Crippen LogP contribution < -0.4 is 5.56 Å². The number of aryl methyl sites for hydroxylation is 1. The van der Waals surface area contributed by atoms with Gasteiger partial charge in [0.15, 0.2) is 5.78 Å². The molecule has 0 aliphatic rings. The number of H-pyrrole nitrogens is 1. The number of aromatic nitrogens is 1. The minimum absolute atomic E-state index is 0.121. The van der Waals surface area contributed by atoms with E-state index < -0.39 is 6.10 Å². The molecule has 0 saturated carbocycles. The average Bonchev–Trinajstić information content (AvgIpc) is 2.54. The van der Waals surface area contributed by atoms with Crippen LogP contribution >= 0.6 is 0 Å². The highest BCUT2D eigenvalue weighted by Crippen LogP contribution is 2.19. The summed E-state index contributed by atoms with van der Waals surface area (Å²) in [6.07, 6.45) is -1.25. The van der Waals surface area contributed by atoms with Gasteiger partial charge in [0.25, 0.3) is 5.56 Å². The number of pyridine rings is 1. The average molecular weight is 307 g/mol. The van der Waals surface area contributed by atoms with Crippen LogP contribution in [0.1, 0.15) is 34.0 Å². The molecule has 0 spiro atoms. The number of hydrogen-bond acceptors (Lipinski definition) is 3.